The highest BCUT2D eigenvalue weighted by molar-refractivity contribution is 6.42. The second-order valence-corrected chi connectivity index (χ2v) is 6.89. The number of benzene rings is 2. The summed E-state index contributed by atoms with van der Waals surface area (Å²) in [6.45, 7) is 0.405. The predicted molar refractivity (Wildman–Crippen MR) is 109 cm³/mol. The zero-order chi connectivity index (χ0) is 19.5. The van der Waals surface area contributed by atoms with Crippen LogP contribution in [0.4, 0.5) is 0 Å². The number of carbonyl (C=O) groups excluding carboxylic acids is 1. The SMILES string of the molecule is O=C(NCc1ccccc1)c1cc(-c2ccco2)nn1-c1ccc(Cl)c(Cl)c1. The number of hydrogen-bond donors (Lipinski definition) is 1. The Labute approximate surface area is 171 Å². The first kappa shape index (κ1) is 18.3. The molecular formula is C21H15Cl2N3O2. The Morgan fingerprint density at radius 2 is 1.82 bits per heavy atom. The Bertz CT molecular complexity index is 1110. The minimum atomic E-state index is -0.264. The zero-order valence-electron chi connectivity index (χ0n) is 14.6. The molecule has 28 heavy (non-hydrogen) atoms. The van der Waals surface area contributed by atoms with Crippen LogP contribution in [0.2, 0.25) is 10.0 Å². The smallest absolute Gasteiger partial charge is 0.270 e. The first-order chi connectivity index (χ1) is 13.6. The Hall–Kier alpha value is -3.02. The van der Waals surface area contributed by atoms with Crippen LogP contribution < -0.4 is 5.32 Å². The van der Waals surface area contributed by atoms with Crippen molar-refractivity contribution in [1.29, 1.82) is 0 Å². The van der Waals surface area contributed by atoms with Crippen LogP contribution in [0.1, 0.15) is 16.1 Å². The summed E-state index contributed by atoms with van der Waals surface area (Å²) in [4.78, 5) is 12.9. The molecule has 0 saturated carbocycles. The minimum Gasteiger partial charge on any atom is -0.463 e. The molecule has 2 aromatic carbocycles. The molecule has 0 bridgehead atoms. The first-order valence-electron chi connectivity index (χ1n) is 8.53. The van der Waals surface area contributed by atoms with Crippen molar-refractivity contribution in [3.05, 3.63) is 94.3 Å². The lowest BCUT2D eigenvalue weighted by molar-refractivity contribution is 0.0943. The topological polar surface area (TPSA) is 60.1 Å². The zero-order valence-corrected chi connectivity index (χ0v) is 16.1. The van der Waals surface area contributed by atoms with Crippen molar-refractivity contribution in [2.75, 3.05) is 0 Å². The Kier molecular flexibility index (Phi) is 5.19. The van der Waals surface area contributed by atoms with Crippen LogP contribution >= 0.6 is 23.2 Å². The van der Waals surface area contributed by atoms with Gasteiger partial charge in [0.25, 0.3) is 5.91 Å². The minimum absolute atomic E-state index is 0.264. The summed E-state index contributed by atoms with van der Waals surface area (Å²) in [5.74, 6) is 0.302. The summed E-state index contributed by atoms with van der Waals surface area (Å²) in [5.41, 5.74) is 2.53. The highest BCUT2D eigenvalue weighted by Crippen LogP contribution is 2.27. The highest BCUT2D eigenvalue weighted by atomic mass is 35.5. The van der Waals surface area contributed by atoms with E-state index in [2.05, 4.69) is 10.4 Å². The van der Waals surface area contributed by atoms with Gasteiger partial charge < -0.3 is 9.73 Å². The maximum atomic E-state index is 12.9. The third-order valence-corrected chi connectivity index (χ3v) is 4.90. The van der Waals surface area contributed by atoms with Crippen LogP contribution in [0, 0.1) is 0 Å². The number of amides is 1. The van der Waals surface area contributed by atoms with Crippen molar-refractivity contribution in [2.24, 2.45) is 0 Å². The van der Waals surface area contributed by atoms with Crippen molar-refractivity contribution >= 4 is 29.1 Å². The quantitative estimate of drug-likeness (QED) is 0.480. The molecule has 7 heteroatoms. The summed E-state index contributed by atoms with van der Waals surface area (Å²) >= 11 is 12.2. The standard InChI is InChI=1S/C21H15Cl2N3O2/c22-16-9-8-15(11-17(16)23)26-19(12-18(25-26)20-7-4-10-28-20)21(27)24-13-14-5-2-1-3-6-14/h1-12H,13H2,(H,24,27). The van der Waals surface area contributed by atoms with Gasteiger partial charge >= 0.3 is 0 Å². The summed E-state index contributed by atoms with van der Waals surface area (Å²) in [5, 5.41) is 8.26. The fraction of sp³-hybridized carbons (Fsp3) is 0.0476. The van der Waals surface area contributed by atoms with E-state index in [9.17, 15) is 4.79 Å². The van der Waals surface area contributed by atoms with Crippen molar-refractivity contribution in [3.8, 4) is 17.1 Å². The lowest BCUT2D eigenvalue weighted by Crippen LogP contribution is -2.25. The van der Waals surface area contributed by atoms with E-state index in [0.29, 0.717) is 39.4 Å². The maximum absolute atomic E-state index is 12.9. The van der Waals surface area contributed by atoms with Gasteiger partial charge in [0.1, 0.15) is 11.4 Å². The van der Waals surface area contributed by atoms with Crippen molar-refractivity contribution in [1.82, 2.24) is 15.1 Å². The van der Waals surface area contributed by atoms with Crippen molar-refractivity contribution in [3.63, 3.8) is 0 Å². The summed E-state index contributed by atoms with van der Waals surface area (Å²) in [7, 11) is 0. The van der Waals surface area contributed by atoms with Gasteiger partial charge in [-0.05, 0) is 35.9 Å². The van der Waals surface area contributed by atoms with E-state index < -0.39 is 0 Å². The number of carbonyl (C=O) groups is 1. The molecule has 4 rings (SSSR count). The van der Waals surface area contributed by atoms with Crippen LogP contribution in [-0.2, 0) is 6.54 Å². The number of nitrogens with one attached hydrogen (secondary N) is 1. The molecule has 140 valence electrons. The fourth-order valence-electron chi connectivity index (χ4n) is 2.77. The van der Waals surface area contributed by atoms with Gasteiger partial charge in [0.15, 0.2) is 5.76 Å². The largest absolute Gasteiger partial charge is 0.463 e. The van der Waals surface area contributed by atoms with E-state index in [4.69, 9.17) is 27.6 Å². The van der Waals surface area contributed by atoms with Gasteiger partial charge in [-0.3, -0.25) is 4.79 Å². The average Bonchev–Trinajstić information content (AvgIpc) is 3.39. The van der Waals surface area contributed by atoms with Crippen LogP contribution in [0.15, 0.2) is 77.4 Å². The molecule has 0 unspecified atom stereocenters. The normalized spacial score (nSPS) is 10.8. The van der Waals surface area contributed by atoms with E-state index in [1.54, 1.807) is 42.7 Å². The molecule has 0 aliphatic carbocycles. The molecule has 0 aliphatic heterocycles. The molecule has 0 fully saturated rings. The monoisotopic (exact) mass is 411 g/mol. The van der Waals surface area contributed by atoms with Crippen LogP contribution in [0.25, 0.3) is 17.1 Å². The number of halogens is 2. The summed E-state index contributed by atoms with van der Waals surface area (Å²) in [6.07, 6.45) is 1.56. The molecule has 0 aliphatic rings. The highest BCUT2D eigenvalue weighted by Gasteiger charge is 2.19. The van der Waals surface area contributed by atoms with E-state index in [-0.39, 0.29) is 5.91 Å². The Balaban J connectivity index is 1.69. The van der Waals surface area contributed by atoms with E-state index in [1.807, 2.05) is 30.3 Å². The maximum Gasteiger partial charge on any atom is 0.270 e. The molecule has 2 heterocycles. The molecule has 2 aromatic heterocycles. The van der Waals surface area contributed by atoms with Gasteiger partial charge in [-0.25, -0.2) is 4.68 Å². The van der Waals surface area contributed by atoms with Gasteiger partial charge in [-0.15, -0.1) is 0 Å². The Morgan fingerprint density at radius 1 is 1.00 bits per heavy atom. The van der Waals surface area contributed by atoms with Crippen molar-refractivity contribution in [2.45, 2.75) is 6.54 Å². The van der Waals surface area contributed by atoms with Gasteiger partial charge in [0.2, 0.25) is 0 Å². The second-order valence-electron chi connectivity index (χ2n) is 6.07. The molecule has 0 spiro atoms. The fourth-order valence-corrected chi connectivity index (χ4v) is 3.06. The number of furan rings is 1. The van der Waals surface area contributed by atoms with Crippen molar-refractivity contribution < 1.29 is 9.21 Å². The molecule has 5 nitrogen and oxygen atoms in total. The molecule has 4 aromatic rings. The second kappa shape index (κ2) is 7.92. The molecule has 0 radical (unpaired) electrons. The Morgan fingerprint density at radius 3 is 2.54 bits per heavy atom. The molecule has 1 N–H and O–H groups in total. The van der Waals surface area contributed by atoms with E-state index >= 15 is 0 Å². The third kappa shape index (κ3) is 3.81. The predicted octanol–water partition coefficient (Wildman–Crippen LogP) is 5.37. The van der Waals surface area contributed by atoms with Crippen LogP contribution in [0.3, 0.4) is 0 Å². The van der Waals surface area contributed by atoms with Crippen LogP contribution in [0.5, 0.6) is 0 Å². The lowest BCUT2D eigenvalue weighted by atomic mass is 10.2. The lowest BCUT2D eigenvalue weighted by Gasteiger charge is -2.09. The number of nitrogens with zero attached hydrogens (tertiary/aromatic N) is 2. The molecule has 1 amide bonds. The third-order valence-electron chi connectivity index (χ3n) is 4.16. The molecule has 0 atom stereocenters. The van der Waals surface area contributed by atoms with Gasteiger partial charge in [-0.1, -0.05) is 53.5 Å². The number of rotatable bonds is 5. The summed E-state index contributed by atoms with van der Waals surface area (Å²) in [6, 6.07) is 20.0. The van der Waals surface area contributed by atoms with Gasteiger partial charge in [-0.2, -0.15) is 5.10 Å². The number of hydrogen-bond acceptors (Lipinski definition) is 3. The summed E-state index contributed by atoms with van der Waals surface area (Å²) < 4.78 is 6.95. The average molecular weight is 412 g/mol. The molecule has 0 saturated heterocycles. The van der Waals surface area contributed by atoms with E-state index in [1.165, 1.54) is 4.68 Å². The first-order valence-corrected chi connectivity index (χ1v) is 9.29. The van der Waals surface area contributed by atoms with Gasteiger partial charge in [0.05, 0.1) is 22.0 Å². The van der Waals surface area contributed by atoms with E-state index in [0.717, 1.165) is 5.56 Å². The van der Waals surface area contributed by atoms with Gasteiger partial charge in [0, 0.05) is 12.6 Å². The number of aromatic nitrogens is 2. The molecular weight excluding hydrogens is 397 g/mol. The van der Waals surface area contributed by atoms with Crippen LogP contribution in [-0.4, -0.2) is 15.7 Å².